The van der Waals surface area contributed by atoms with Crippen molar-refractivity contribution in [3.05, 3.63) is 81.6 Å². The predicted octanol–water partition coefficient (Wildman–Crippen LogP) is 7.19. The zero-order valence-corrected chi connectivity index (χ0v) is 21.3. The first kappa shape index (κ1) is 22.7. The van der Waals surface area contributed by atoms with E-state index in [1.54, 1.807) is 0 Å². The number of allylic oxidation sites excluding steroid dienone is 5. The van der Waals surface area contributed by atoms with Gasteiger partial charge in [-0.1, -0.05) is 64.6 Å². The molecule has 1 aromatic rings. The predicted molar refractivity (Wildman–Crippen MR) is 139 cm³/mol. The van der Waals surface area contributed by atoms with Gasteiger partial charge in [0, 0.05) is 22.4 Å². The van der Waals surface area contributed by atoms with Gasteiger partial charge < -0.3 is 11.5 Å². The van der Waals surface area contributed by atoms with Crippen LogP contribution in [0.4, 0.5) is 5.69 Å². The average Bonchev–Trinajstić information content (AvgIpc) is 2.68. The van der Waals surface area contributed by atoms with Crippen LogP contribution >= 0.6 is 0 Å². The van der Waals surface area contributed by atoms with Crippen molar-refractivity contribution in [3.63, 3.8) is 0 Å². The third-order valence-corrected chi connectivity index (χ3v) is 9.93. The Balaban J connectivity index is 2.07. The summed E-state index contributed by atoms with van der Waals surface area (Å²) < 4.78 is 0. The lowest BCUT2D eigenvalue weighted by molar-refractivity contribution is 0.0142. The Labute approximate surface area is 194 Å². The average molecular weight is 429 g/mol. The third kappa shape index (κ3) is 2.42. The Morgan fingerprint density at radius 1 is 1.06 bits per heavy atom. The van der Waals surface area contributed by atoms with Gasteiger partial charge in [0.05, 0.1) is 0 Å². The van der Waals surface area contributed by atoms with E-state index in [9.17, 15) is 0 Å². The van der Waals surface area contributed by atoms with E-state index in [1.165, 1.54) is 27.8 Å². The van der Waals surface area contributed by atoms with Crippen molar-refractivity contribution >= 4 is 11.3 Å². The lowest BCUT2D eigenvalue weighted by Gasteiger charge is -2.64. The standard InChI is InChI=1S/C30H40N2/c1-15-12-16(2)27(32)25-18(4)26-21(7)30(11)20(6)24(22(8)31)17(3)19(5)29(30,10)14-28(26,9)13-23(15)25/h12,19H,4,6,8,13-14,31-32H2,1-3,5,7,9-11H3/t19?,28-,29-,30-/m0/s1. The van der Waals surface area contributed by atoms with Crippen LogP contribution in [0.5, 0.6) is 0 Å². The molecule has 3 aliphatic carbocycles. The molecule has 1 unspecified atom stereocenters. The number of rotatable bonds is 1. The van der Waals surface area contributed by atoms with E-state index in [1.807, 2.05) is 0 Å². The van der Waals surface area contributed by atoms with E-state index in [0.717, 1.165) is 46.4 Å². The van der Waals surface area contributed by atoms with Crippen LogP contribution < -0.4 is 11.5 Å². The fourth-order valence-electron chi connectivity index (χ4n) is 7.87. The van der Waals surface area contributed by atoms with Crippen molar-refractivity contribution in [3.8, 4) is 0 Å². The molecular formula is C30H40N2. The lowest BCUT2D eigenvalue weighted by Crippen LogP contribution is -2.55. The highest BCUT2D eigenvalue weighted by molar-refractivity contribution is 5.91. The zero-order valence-electron chi connectivity index (χ0n) is 21.3. The number of hydrogen-bond acceptors (Lipinski definition) is 2. The highest BCUT2D eigenvalue weighted by atomic mass is 14.7. The minimum atomic E-state index is -0.230. The highest BCUT2D eigenvalue weighted by Crippen LogP contribution is 2.71. The fraction of sp³-hybridized carbons (Fsp3) is 0.467. The second-order valence-corrected chi connectivity index (χ2v) is 11.5. The molecule has 2 nitrogen and oxygen atoms in total. The Bertz CT molecular complexity index is 1190. The van der Waals surface area contributed by atoms with Crippen LogP contribution in [0.15, 0.2) is 59.4 Å². The Morgan fingerprint density at radius 2 is 1.66 bits per heavy atom. The molecule has 0 heterocycles. The summed E-state index contributed by atoms with van der Waals surface area (Å²) in [4.78, 5) is 0. The molecule has 1 aromatic carbocycles. The van der Waals surface area contributed by atoms with Gasteiger partial charge in [0.2, 0.25) is 0 Å². The first-order chi connectivity index (χ1) is 14.6. The minimum Gasteiger partial charge on any atom is -0.399 e. The number of hydrogen-bond donors (Lipinski definition) is 2. The third-order valence-electron chi connectivity index (χ3n) is 9.93. The second kappa shape index (κ2) is 6.53. The fourth-order valence-corrected chi connectivity index (χ4v) is 7.87. The van der Waals surface area contributed by atoms with Gasteiger partial charge in [-0.15, -0.1) is 0 Å². The largest absolute Gasteiger partial charge is 0.399 e. The summed E-state index contributed by atoms with van der Waals surface area (Å²) in [7, 11) is 0. The van der Waals surface area contributed by atoms with Gasteiger partial charge >= 0.3 is 0 Å². The zero-order chi connectivity index (χ0) is 24.1. The van der Waals surface area contributed by atoms with Crippen LogP contribution in [0.1, 0.15) is 70.2 Å². The SMILES string of the molecule is C=C(N)C1=C(C)C(C)[C@]2(C)C[C@]3(C)Cc4c(C)cc(C)c(N)c4C(=C)C3=C(C)[C@]2(C)C1=C. The van der Waals surface area contributed by atoms with E-state index in [2.05, 4.69) is 81.2 Å². The second-order valence-electron chi connectivity index (χ2n) is 11.5. The molecule has 3 aliphatic rings. The Hall–Kier alpha value is -2.48. The lowest BCUT2D eigenvalue weighted by atomic mass is 9.39. The molecular weight excluding hydrogens is 388 g/mol. The quantitative estimate of drug-likeness (QED) is 0.465. The molecule has 4 N–H and O–H groups in total. The number of fused-ring (bicyclic) bond motifs is 3. The molecule has 0 amide bonds. The molecule has 0 spiro atoms. The summed E-state index contributed by atoms with van der Waals surface area (Å²) in [5.74, 6) is 0.362. The summed E-state index contributed by atoms with van der Waals surface area (Å²) >= 11 is 0. The van der Waals surface area contributed by atoms with Gasteiger partial charge in [-0.05, 0) is 96.3 Å². The van der Waals surface area contributed by atoms with Gasteiger partial charge in [0.1, 0.15) is 0 Å². The molecule has 0 aliphatic heterocycles. The van der Waals surface area contributed by atoms with Gasteiger partial charge in [-0.3, -0.25) is 0 Å². The number of anilines is 1. The van der Waals surface area contributed by atoms with Crippen LogP contribution in [-0.2, 0) is 6.42 Å². The molecule has 32 heavy (non-hydrogen) atoms. The summed E-state index contributed by atoms with van der Waals surface area (Å²) in [5.41, 5.74) is 26.5. The van der Waals surface area contributed by atoms with Crippen molar-refractivity contribution in [2.75, 3.05) is 5.73 Å². The highest BCUT2D eigenvalue weighted by Gasteiger charge is 2.62. The van der Waals surface area contributed by atoms with Gasteiger partial charge in [-0.2, -0.15) is 0 Å². The van der Waals surface area contributed by atoms with Crippen molar-refractivity contribution < 1.29 is 0 Å². The van der Waals surface area contributed by atoms with Crippen LogP contribution in [0.3, 0.4) is 0 Å². The maximum absolute atomic E-state index is 6.66. The van der Waals surface area contributed by atoms with Crippen LogP contribution in [0.2, 0.25) is 0 Å². The molecule has 4 rings (SSSR count). The van der Waals surface area contributed by atoms with Gasteiger partial charge in [0.25, 0.3) is 0 Å². The van der Waals surface area contributed by atoms with Gasteiger partial charge in [0.15, 0.2) is 0 Å². The van der Waals surface area contributed by atoms with Crippen LogP contribution in [0, 0.1) is 36.0 Å². The number of benzene rings is 1. The molecule has 0 radical (unpaired) electrons. The van der Waals surface area contributed by atoms with E-state index in [0.29, 0.717) is 11.6 Å². The van der Waals surface area contributed by atoms with Crippen LogP contribution in [0.25, 0.3) is 5.57 Å². The van der Waals surface area contributed by atoms with E-state index < -0.39 is 0 Å². The maximum Gasteiger partial charge on any atom is 0.0426 e. The van der Waals surface area contributed by atoms with E-state index >= 15 is 0 Å². The van der Waals surface area contributed by atoms with Crippen molar-refractivity contribution in [1.29, 1.82) is 0 Å². The first-order valence-electron chi connectivity index (χ1n) is 11.8. The number of nitrogen functional groups attached to an aromatic ring is 1. The first-order valence-corrected chi connectivity index (χ1v) is 11.8. The topological polar surface area (TPSA) is 52.0 Å². The van der Waals surface area contributed by atoms with Crippen molar-refractivity contribution in [1.82, 2.24) is 0 Å². The minimum absolute atomic E-state index is 0.000924. The molecule has 2 heteroatoms. The van der Waals surface area contributed by atoms with E-state index in [-0.39, 0.29) is 16.2 Å². The summed E-state index contributed by atoms with van der Waals surface area (Å²) in [6.45, 7) is 31.9. The molecule has 4 atom stereocenters. The number of nitrogens with two attached hydrogens (primary N) is 2. The van der Waals surface area contributed by atoms with Crippen molar-refractivity contribution in [2.45, 2.75) is 68.2 Å². The molecule has 0 aromatic heterocycles. The monoisotopic (exact) mass is 428 g/mol. The molecule has 0 saturated heterocycles. The Morgan fingerprint density at radius 3 is 2.22 bits per heavy atom. The summed E-state index contributed by atoms with van der Waals surface area (Å²) in [5, 5.41) is 0. The van der Waals surface area contributed by atoms with E-state index in [4.69, 9.17) is 11.5 Å². The number of aryl methyl sites for hydroxylation is 2. The molecule has 170 valence electrons. The summed E-state index contributed by atoms with van der Waals surface area (Å²) in [6, 6.07) is 2.23. The summed E-state index contributed by atoms with van der Waals surface area (Å²) in [6.07, 6.45) is 2.06. The maximum atomic E-state index is 6.66. The normalized spacial score (nSPS) is 34.3. The Kier molecular flexibility index (Phi) is 4.63. The van der Waals surface area contributed by atoms with Crippen molar-refractivity contribution in [2.24, 2.45) is 27.9 Å². The van der Waals surface area contributed by atoms with Gasteiger partial charge in [-0.25, -0.2) is 0 Å². The molecule has 0 bridgehead atoms. The smallest absolute Gasteiger partial charge is 0.0426 e. The van der Waals surface area contributed by atoms with Crippen LogP contribution in [-0.4, -0.2) is 0 Å². The molecule has 0 fully saturated rings. The molecule has 0 saturated carbocycles.